The first kappa shape index (κ1) is 20.6. The summed E-state index contributed by atoms with van der Waals surface area (Å²) in [6.07, 6.45) is 5.26. The Balaban J connectivity index is 1.63. The van der Waals surface area contributed by atoms with Gasteiger partial charge in [-0.15, -0.1) is 0 Å². The number of hydrogen-bond acceptors (Lipinski definition) is 5. The van der Waals surface area contributed by atoms with Gasteiger partial charge in [0.25, 0.3) is 5.91 Å². The molecule has 0 saturated carbocycles. The van der Waals surface area contributed by atoms with Gasteiger partial charge in [0.05, 0.1) is 33.9 Å². The fourth-order valence-corrected chi connectivity index (χ4v) is 5.22. The van der Waals surface area contributed by atoms with Crippen LogP contribution < -0.4 is 9.62 Å². The summed E-state index contributed by atoms with van der Waals surface area (Å²) >= 11 is 12.4. The van der Waals surface area contributed by atoms with Crippen LogP contribution in [0.25, 0.3) is 11.3 Å². The molecule has 1 fully saturated rings. The number of carbonyl (C=O) groups is 1. The van der Waals surface area contributed by atoms with Crippen molar-refractivity contribution in [3.63, 3.8) is 0 Å². The lowest BCUT2D eigenvalue weighted by Crippen LogP contribution is -2.25. The number of anilines is 2. The zero-order chi connectivity index (χ0) is 21.3. The summed E-state index contributed by atoms with van der Waals surface area (Å²) in [5, 5.41) is 3.39. The van der Waals surface area contributed by atoms with E-state index >= 15 is 0 Å². The summed E-state index contributed by atoms with van der Waals surface area (Å²) in [5.74, 6) is -0.393. The lowest BCUT2D eigenvalue weighted by molar-refractivity contribution is 0.102. The average molecular weight is 463 g/mol. The molecule has 1 N–H and O–H groups in total. The second kappa shape index (κ2) is 8.22. The summed E-state index contributed by atoms with van der Waals surface area (Å²) < 4.78 is 25.7. The molecule has 0 atom stereocenters. The van der Waals surface area contributed by atoms with Crippen molar-refractivity contribution in [2.45, 2.75) is 6.42 Å². The van der Waals surface area contributed by atoms with Crippen LogP contribution in [0.4, 0.5) is 11.4 Å². The van der Waals surface area contributed by atoms with Gasteiger partial charge in [-0.3, -0.25) is 19.1 Å². The van der Waals surface area contributed by atoms with Gasteiger partial charge in [0.15, 0.2) is 0 Å². The van der Waals surface area contributed by atoms with Crippen molar-refractivity contribution < 1.29 is 13.2 Å². The zero-order valence-electron chi connectivity index (χ0n) is 15.5. The Hall–Kier alpha value is -2.68. The van der Waals surface area contributed by atoms with Crippen LogP contribution in [0.15, 0.2) is 55.0 Å². The van der Waals surface area contributed by atoms with Crippen LogP contribution in [0, 0.1) is 0 Å². The molecule has 1 aliphatic rings. The number of benzene rings is 2. The smallest absolute Gasteiger partial charge is 0.257 e. The van der Waals surface area contributed by atoms with E-state index in [0.717, 1.165) is 0 Å². The second-order valence-electron chi connectivity index (χ2n) is 6.68. The highest BCUT2D eigenvalue weighted by Crippen LogP contribution is 2.30. The van der Waals surface area contributed by atoms with Crippen molar-refractivity contribution in [1.29, 1.82) is 0 Å². The number of amides is 1. The first-order valence-electron chi connectivity index (χ1n) is 9.02. The van der Waals surface area contributed by atoms with Crippen LogP contribution in [0.2, 0.25) is 10.0 Å². The quantitative estimate of drug-likeness (QED) is 0.625. The fourth-order valence-electron chi connectivity index (χ4n) is 3.23. The molecule has 0 bridgehead atoms. The van der Waals surface area contributed by atoms with E-state index in [2.05, 4.69) is 15.3 Å². The Bertz CT molecular complexity index is 1220. The van der Waals surface area contributed by atoms with Crippen molar-refractivity contribution in [1.82, 2.24) is 9.97 Å². The molecule has 154 valence electrons. The van der Waals surface area contributed by atoms with E-state index in [0.29, 0.717) is 40.6 Å². The normalized spacial score (nSPS) is 15.2. The molecule has 1 saturated heterocycles. The molecule has 0 radical (unpaired) electrons. The molecular weight excluding hydrogens is 447 g/mol. The standard InChI is InChI=1S/C20H16Cl2N4O3S/c21-14-8-13(19-12-23-4-5-24-19)9-15(10-14)25-20(27)17-11-16(2-3-18(17)22)26-6-1-7-30(26,28)29/h2-5,8-12H,1,6-7H2,(H,25,27). The van der Waals surface area contributed by atoms with E-state index in [9.17, 15) is 13.2 Å². The molecule has 3 aromatic rings. The number of halogens is 2. The van der Waals surface area contributed by atoms with Gasteiger partial charge < -0.3 is 5.32 Å². The van der Waals surface area contributed by atoms with E-state index in [-0.39, 0.29) is 16.3 Å². The third kappa shape index (κ3) is 4.26. The Kier molecular flexibility index (Phi) is 5.64. The van der Waals surface area contributed by atoms with Crippen LogP contribution in [0.1, 0.15) is 16.8 Å². The third-order valence-corrected chi connectivity index (χ3v) is 7.01. The van der Waals surface area contributed by atoms with Crippen molar-refractivity contribution in [2.75, 3.05) is 21.9 Å². The van der Waals surface area contributed by atoms with Crippen molar-refractivity contribution >= 4 is 50.5 Å². The molecule has 1 aliphatic heterocycles. The molecule has 0 unspecified atom stereocenters. The van der Waals surface area contributed by atoms with E-state index in [1.54, 1.807) is 42.9 Å². The van der Waals surface area contributed by atoms with Crippen LogP contribution in [-0.2, 0) is 10.0 Å². The highest BCUT2D eigenvalue weighted by Gasteiger charge is 2.29. The van der Waals surface area contributed by atoms with Crippen molar-refractivity contribution in [2.24, 2.45) is 0 Å². The Labute approximate surface area is 183 Å². The number of aromatic nitrogens is 2. The Morgan fingerprint density at radius 2 is 1.93 bits per heavy atom. The summed E-state index contributed by atoms with van der Waals surface area (Å²) in [5.41, 5.74) is 2.32. The predicted molar refractivity (Wildman–Crippen MR) is 118 cm³/mol. The number of rotatable bonds is 4. The predicted octanol–water partition coefficient (Wildman–Crippen LogP) is 4.24. The van der Waals surface area contributed by atoms with E-state index in [4.69, 9.17) is 23.2 Å². The van der Waals surface area contributed by atoms with Gasteiger partial charge in [-0.1, -0.05) is 23.2 Å². The van der Waals surface area contributed by atoms with Crippen LogP contribution in [0.3, 0.4) is 0 Å². The minimum absolute atomic E-state index is 0.0881. The first-order valence-corrected chi connectivity index (χ1v) is 11.4. The van der Waals surface area contributed by atoms with E-state index < -0.39 is 15.9 Å². The maximum absolute atomic E-state index is 12.9. The molecule has 2 heterocycles. The molecule has 0 spiro atoms. The summed E-state index contributed by atoms with van der Waals surface area (Å²) in [4.78, 5) is 21.2. The monoisotopic (exact) mass is 462 g/mol. The molecule has 2 aromatic carbocycles. The van der Waals surface area contributed by atoms with Gasteiger partial charge in [0, 0.05) is 35.2 Å². The maximum atomic E-state index is 12.9. The lowest BCUT2D eigenvalue weighted by Gasteiger charge is -2.18. The van der Waals surface area contributed by atoms with Crippen LogP contribution >= 0.6 is 23.2 Å². The maximum Gasteiger partial charge on any atom is 0.257 e. The topological polar surface area (TPSA) is 92.3 Å². The summed E-state index contributed by atoms with van der Waals surface area (Å²) in [6.45, 7) is 0.376. The molecule has 1 amide bonds. The number of carbonyl (C=O) groups excluding carboxylic acids is 1. The number of nitrogens with one attached hydrogen (secondary N) is 1. The molecule has 10 heteroatoms. The number of sulfonamides is 1. The van der Waals surface area contributed by atoms with Gasteiger partial charge in [-0.25, -0.2) is 8.42 Å². The first-order chi connectivity index (χ1) is 14.3. The molecular formula is C20H16Cl2N4O3S. The van der Waals surface area contributed by atoms with E-state index in [1.165, 1.54) is 16.4 Å². The number of hydrogen-bond donors (Lipinski definition) is 1. The average Bonchev–Trinajstić information content (AvgIpc) is 3.07. The Morgan fingerprint density at radius 1 is 1.10 bits per heavy atom. The van der Waals surface area contributed by atoms with Gasteiger partial charge >= 0.3 is 0 Å². The molecule has 0 aliphatic carbocycles. The van der Waals surface area contributed by atoms with Gasteiger partial charge in [-0.2, -0.15) is 0 Å². The SMILES string of the molecule is O=C(Nc1cc(Cl)cc(-c2cnccn2)c1)c1cc(N2CCCS2(=O)=O)ccc1Cl. The molecule has 4 rings (SSSR count). The number of nitrogens with zero attached hydrogens (tertiary/aromatic N) is 3. The highest BCUT2D eigenvalue weighted by molar-refractivity contribution is 7.93. The molecule has 7 nitrogen and oxygen atoms in total. The summed E-state index contributed by atoms with van der Waals surface area (Å²) in [6, 6.07) is 9.62. The minimum Gasteiger partial charge on any atom is -0.322 e. The highest BCUT2D eigenvalue weighted by atomic mass is 35.5. The molecule has 1 aromatic heterocycles. The minimum atomic E-state index is -3.37. The van der Waals surface area contributed by atoms with Crippen LogP contribution in [0.5, 0.6) is 0 Å². The van der Waals surface area contributed by atoms with E-state index in [1.807, 2.05) is 0 Å². The Morgan fingerprint density at radius 3 is 2.63 bits per heavy atom. The van der Waals surface area contributed by atoms with Crippen molar-refractivity contribution in [3.05, 3.63) is 70.6 Å². The lowest BCUT2D eigenvalue weighted by atomic mass is 10.1. The van der Waals surface area contributed by atoms with Crippen molar-refractivity contribution in [3.8, 4) is 11.3 Å². The third-order valence-electron chi connectivity index (χ3n) is 4.60. The largest absolute Gasteiger partial charge is 0.322 e. The second-order valence-corrected chi connectivity index (χ2v) is 9.54. The van der Waals surface area contributed by atoms with Gasteiger partial charge in [0.1, 0.15) is 0 Å². The van der Waals surface area contributed by atoms with Gasteiger partial charge in [-0.05, 0) is 42.8 Å². The summed E-state index contributed by atoms with van der Waals surface area (Å²) in [7, 11) is -3.37. The van der Waals surface area contributed by atoms with Gasteiger partial charge in [0.2, 0.25) is 10.0 Å². The molecule has 30 heavy (non-hydrogen) atoms. The zero-order valence-corrected chi connectivity index (χ0v) is 17.9. The van der Waals surface area contributed by atoms with Crippen LogP contribution in [-0.4, -0.2) is 36.6 Å². The fraction of sp³-hybridized carbons (Fsp3) is 0.150.